The van der Waals surface area contributed by atoms with Crippen molar-refractivity contribution in [3.63, 3.8) is 0 Å². The molecule has 1 saturated heterocycles. The van der Waals surface area contributed by atoms with E-state index >= 15 is 0 Å². The minimum Gasteiger partial charge on any atom is -0.493 e. The van der Waals surface area contributed by atoms with Crippen molar-refractivity contribution in [1.82, 2.24) is 15.1 Å². The predicted octanol–water partition coefficient (Wildman–Crippen LogP) is 6.45. The number of benzene rings is 2. The molecule has 6 rings (SSSR count). The predicted molar refractivity (Wildman–Crippen MR) is 147 cm³/mol. The van der Waals surface area contributed by atoms with E-state index in [4.69, 9.17) is 23.0 Å². The van der Waals surface area contributed by atoms with Crippen LogP contribution in [-0.4, -0.2) is 54.6 Å². The highest BCUT2D eigenvalue weighted by Crippen LogP contribution is 2.37. The lowest BCUT2D eigenvalue weighted by Gasteiger charge is -2.32. The molecule has 0 spiro atoms. The van der Waals surface area contributed by atoms with Gasteiger partial charge in [0.25, 0.3) is 5.89 Å². The molecule has 2 aliphatic rings. The molecule has 4 aromatic rings. The average molecular weight is 540 g/mol. The molecule has 0 aliphatic carbocycles. The topological polar surface area (TPSA) is 83.0 Å². The fourth-order valence-corrected chi connectivity index (χ4v) is 5.11. The van der Waals surface area contributed by atoms with E-state index in [1.165, 1.54) is 5.56 Å². The van der Waals surface area contributed by atoms with E-state index < -0.39 is 0 Å². The molecule has 38 heavy (non-hydrogen) atoms. The van der Waals surface area contributed by atoms with E-state index in [9.17, 15) is 0 Å². The lowest BCUT2D eigenvalue weighted by molar-refractivity contribution is 0.170. The number of hydrogen-bond donors (Lipinski definition) is 0. The summed E-state index contributed by atoms with van der Waals surface area (Å²) in [5.41, 5.74) is 2.11. The molecule has 0 atom stereocenters. The molecule has 0 radical (unpaired) electrons. The Balaban J connectivity index is 0.00000294. The number of furan rings is 1. The van der Waals surface area contributed by atoms with E-state index in [-0.39, 0.29) is 18.3 Å². The third-order valence-electron chi connectivity index (χ3n) is 7.17. The Bertz CT molecular complexity index is 1360. The molecule has 0 unspecified atom stereocenters. The zero-order valence-corrected chi connectivity index (χ0v) is 22.7. The van der Waals surface area contributed by atoms with E-state index in [0.717, 1.165) is 67.1 Å². The molecule has 202 valence electrons. The van der Waals surface area contributed by atoms with Crippen LogP contribution in [0.25, 0.3) is 22.6 Å². The number of nitrogens with zero attached hydrogens (tertiary/aromatic N) is 3. The lowest BCUT2D eigenvalue weighted by atomic mass is 9.89. The first-order chi connectivity index (χ1) is 18.1. The second-order valence-electron chi connectivity index (χ2n) is 10.1. The summed E-state index contributed by atoms with van der Waals surface area (Å²) >= 11 is 0. The lowest BCUT2D eigenvalue weighted by Crippen LogP contribution is -2.34. The zero-order valence-electron chi connectivity index (χ0n) is 21.9. The average Bonchev–Trinajstić information content (AvgIpc) is 3.59. The van der Waals surface area contributed by atoms with Crippen molar-refractivity contribution in [3.8, 4) is 28.9 Å². The van der Waals surface area contributed by atoms with Crippen molar-refractivity contribution in [2.24, 2.45) is 0 Å². The zero-order chi connectivity index (χ0) is 25.2. The molecule has 2 aromatic heterocycles. The monoisotopic (exact) mass is 539 g/mol. The summed E-state index contributed by atoms with van der Waals surface area (Å²) in [5.74, 6) is 4.87. The van der Waals surface area contributed by atoms with Gasteiger partial charge in [-0.25, -0.2) is 0 Å². The number of likely N-dealkylation sites (tertiary alicyclic amines) is 1. The van der Waals surface area contributed by atoms with Crippen LogP contribution in [-0.2, 0) is 0 Å². The highest BCUT2D eigenvalue weighted by molar-refractivity contribution is 5.87. The van der Waals surface area contributed by atoms with Crippen LogP contribution in [0.2, 0.25) is 0 Å². The molecular weight excluding hydrogens is 506 g/mol. The molecule has 2 aromatic carbocycles. The van der Waals surface area contributed by atoms with Crippen molar-refractivity contribution in [2.45, 2.75) is 44.9 Å². The summed E-state index contributed by atoms with van der Waals surface area (Å²) in [4.78, 5) is 2.54. The minimum absolute atomic E-state index is 0. The van der Waals surface area contributed by atoms with Crippen molar-refractivity contribution in [1.29, 1.82) is 0 Å². The Kier molecular flexibility index (Phi) is 8.09. The van der Waals surface area contributed by atoms with Gasteiger partial charge in [-0.1, -0.05) is 26.0 Å². The number of piperidine rings is 1. The van der Waals surface area contributed by atoms with Gasteiger partial charge in [0.2, 0.25) is 5.89 Å². The second kappa shape index (κ2) is 11.7. The van der Waals surface area contributed by atoms with Crippen LogP contribution >= 0.6 is 12.4 Å². The van der Waals surface area contributed by atoms with Crippen LogP contribution in [0, 0.1) is 0 Å². The Morgan fingerprint density at radius 3 is 2.58 bits per heavy atom. The highest BCUT2D eigenvalue weighted by Gasteiger charge is 2.23. The standard InChI is InChI=1S/C29H33N3O5.ClH/c1-19(2)28-30-31-29(37-28)27-18-22-23(5-3-6-24(22)36-27)33-14-4-11-32-12-9-20(10-13-32)21-7-8-25-26(17-21)35-16-15-34-25;/h3,5-8,17-20H,4,9-16H2,1-2H3;1H. The SMILES string of the molecule is CC(C)c1nnc(-c2cc3c(OCCCN4CCC(c5ccc6c(c5)OCCO6)CC4)cccc3o2)o1.Cl. The maximum Gasteiger partial charge on any atom is 0.283 e. The van der Waals surface area contributed by atoms with Crippen LogP contribution in [0.5, 0.6) is 17.2 Å². The quantitative estimate of drug-likeness (QED) is 0.236. The Morgan fingerprint density at radius 1 is 0.974 bits per heavy atom. The van der Waals surface area contributed by atoms with E-state index in [2.05, 4.69) is 33.3 Å². The molecular formula is C29H34ClN3O5. The van der Waals surface area contributed by atoms with Gasteiger partial charge in [0.1, 0.15) is 24.5 Å². The largest absolute Gasteiger partial charge is 0.493 e. The number of hydrogen-bond acceptors (Lipinski definition) is 8. The molecule has 8 nitrogen and oxygen atoms in total. The summed E-state index contributed by atoms with van der Waals surface area (Å²) in [6.07, 6.45) is 3.29. The van der Waals surface area contributed by atoms with Crippen molar-refractivity contribution >= 4 is 23.4 Å². The van der Waals surface area contributed by atoms with Crippen LogP contribution in [0.3, 0.4) is 0 Å². The van der Waals surface area contributed by atoms with Gasteiger partial charge in [-0.05, 0) is 68.1 Å². The molecule has 0 bridgehead atoms. The van der Waals surface area contributed by atoms with Gasteiger partial charge in [0.15, 0.2) is 17.3 Å². The fraction of sp³-hybridized carbons (Fsp3) is 0.448. The summed E-state index contributed by atoms with van der Waals surface area (Å²) < 4.78 is 29.3. The van der Waals surface area contributed by atoms with Gasteiger partial charge in [-0.2, -0.15) is 0 Å². The van der Waals surface area contributed by atoms with Gasteiger partial charge in [0.05, 0.1) is 12.0 Å². The van der Waals surface area contributed by atoms with Gasteiger partial charge >= 0.3 is 0 Å². The van der Waals surface area contributed by atoms with Crippen LogP contribution < -0.4 is 14.2 Å². The van der Waals surface area contributed by atoms with Crippen LogP contribution in [0.15, 0.2) is 51.3 Å². The molecule has 2 aliphatic heterocycles. The molecule has 9 heteroatoms. The Morgan fingerprint density at radius 2 is 1.79 bits per heavy atom. The number of fused-ring (bicyclic) bond motifs is 2. The van der Waals surface area contributed by atoms with Crippen LogP contribution in [0.4, 0.5) is 0 Å². The normalized spacial score (nSPS) is 16.1. The Labute approximate surface area is 228 Å². The first kappa shape index (κ1) is 26.4. The van der Waals surface area contributed by atoms with Gasteiger partial charge in [0, 0.05) is 18.5 Å². The summed E-state index contributed by atoms with van der Waals surface area (Å²) in [5, 5.41) is 9.16. The first-order valence-electron chi connectivity index (χ1n) is 13.2. The minimum atomic E-state index is 0. The first-order valence-corrected chi connectivity index (χ1v) is 13.2. The third kappa shape index (κ3) is 5.61. The van der Waals surface area contributed by atoms with Gasteiger partial charge in [-0.3, -0.25) is 0 Å². The summed E-state index contributed by atoms with van der Waals surface area (Å²) in [7, 11) is 0. The molecule has 4 heterocycles. The maximum atomic E-state index is 6.17. The van der Waals surface area contributed by atoms with Crippen LogP contribution in [0.1, 0.15) is 56.4 Å². The molecule has 0 amide bonds. The third-order valence-corrected chi connectivity index (χ3v) is 7.17. The molecule has 0 N–H and O–H groups in total. The van der Waals surface area contributed by atoms with Crippen molar-refractivity contribution in [2.75, 3.05) is 39.5 Å². The van der Waals surface area contributed by atoms with Gasteiger partial charge in [-0.15, -0.1) is 22.6 Å². The number of rotatable bonds is 8. The highest BCUT2D eigenvalue weighted by atomic mass is 35.5. The van der Waals surface area contributed by atoms with Crippen molar-refractivity contribution < 1.29 is 23.0 Å². The van der Waals surface area contributed by atoms with E-state index in [1.807, 2.05) is 38.1 Å². The molecule has 0 saturated carbocycles. The number of aromatic nitrogens is 2. The van der Waals surface area contributed by atoms with E-state index in [0.29, 0.717) is 43.3 Å². The second-order valence-corrected chi connectivity index (χ2v) is 10.1. The number of halogens is 1. The Hall–Kier alpha value is -3.23. The van der Waals surface area contributed by atoms with Gasteiger partial charge < -0.3 is 27.9 Å². The fourth-order valence-electron chi connectivity index (χ4n) is 5.11. The number of ether oxygens (including phenoxy) is 3. The maximum absolute atomic E-state index is 6.17. The van der Waals surface area contributed by atoms with Crippen molar-refractivity contribution in [3.05, 3.63) is 53.9 Å². The smallest absolute Gasteiger partial charge is 0.283 e. The summed E-state index contributed by atoms with van der Waals surface area (Å²) in [6.45, 7) is 9.18. The van der Waals surface area contributed by atoms with E-state index in [1.54, 1.807) is 0 Å². The molecule has 1 fully saturated rings. The summed E-state index contributed by atoms with van der Waals surface area (Å²) in [6, 6.07) is 14.2.